The van der Waals surface area contributed by atoms with E-state index < -0.39 is 88.1 Å². The number of carbonyl (C=O) groups excluding carboxylic acids is 6. The maximum Gasteiger partial charge on any atom is 1.00 e. The van der Waals surface area contributed by atoms with Crippen LogP contribution >= 0.6 is 179 Å². The molecule has 0 fully saturated rings. The van der Waals surface area contributed by atoms with Gasteiger partial charge in [-0.3, -0.25) is 14.4 Å². The number of aromatic carboxylic acids is 2. The van der Waals surface area contributed by atoms with Crippen LogP contribution in [0.2, 0.25) is 20.1 Å². The van der Waals surface area contributed by atoms with Crippen LogP contribution < -0.4 is 29.3 Å². The molecule has 0 aliphatic heterocycles. The van der Waals surface area contributed by atoms with Crippen LogP contribution in [0, 0.1) is 75.3 Å². The third-order valence-corrected chi connectivity index (χ3v) is 22.4. The first-order valence-electron chi connectivity index (χ1n) is 34.7. The van der Waals surface area contributed by atoms with Crippen molar-refractivity contribution >= 4 is 235 Å². The van der Waals surface area contributed by atoms with Crippen LogP contribution in [0.3, 0.4) is 0 Å². The SMILES string of the molecule is BrB(Br)Br.COC(=O)c1c(CC(=O)c2cc(Cl)ccc2C)csc1-c1ccc(C)cc1F.COC(=O)c1c(CC(=O)c2cc(Cl)ccc2O)csc1-c1ccc(C)c(F)c1F.COC(=O)c1c(N)csc1-c1ccc(C)c(F)c1F.COc1ccc(Cl)cc1C(=O)O.Cc1ccc(-c2scc(CC(=O)c3cc(Cl)ccc3O)c2C(=O)O)c(F)c1F.ClP(Cl)Cl.[Li+].[OH-]. The van der Waals surface area contributed by atoms with E-state index in [9.17, 15) is 84.4 Å². The molecule has 12 rings (SSSR count). The largest absolute Gasteiger partial charge is 1.00 e. The summed E-state index contributed by atoms with van der Waals surface area (Å²) in [6, 6.07) is 30.7. The summed E-state index contributed by atoms with van der Waals surface area (Å²) in [6.45, 7) is 7.91. The number of aryl methyl sites for hydroxylation is 5. The van der Waals surface area contributed by atoms with Gasteiger partial charge in [-0.15, -0.1) is 92.6 Å². The van der Waals surface area contributed by atoms with Gasteiger partial charge in [0.25, 0.3) is 0 Å². The summed E-state index contributed by atoms with van der Waals surface area (Å²) in [4.78, 5) is 97.8. The van der Waals surface area contributed by atoms with Gasteiger partial charge in [-0.2, -0.15) is 0 Å². The Labute approximate surface area is 805 Å². The monoisotopic (exact) mass is 2150 g/mol. The van der Waals surface area contributed by atoms with Gasteiger partial charge in [0, 0.05) is 72.6 Å². The van der Waals surface area contributed by atoms with Crippen LogP contribution in [0.5, 0.6) is 17.2 Å². The van der Waals surface area contributed by atoms with Crippen LogP contribution in [0.15, 0.2) is 149 Å². The number of rotatable bonds is 19. The van der Waals surface area contributed by atoms with E-state index in [1.807, 2.05) is 6.92 Å². The van der Waals surface area contributed by atoms with E-state index in [0.29, 0.717) is 37.4 Å². The Kier molecular flexibility index (Phi) is 45.2. The zero-order chi connectivity index (χ0) is 92.7. The van der Waals surface area contributed by atoms with Gasteiger partial charge in [-0.25, -0.2) is 54.7 Å². The van der Waals surface area contributed by atoms with E-state index >= 15 is 0 Å². The quantitative estimate of drug-likeness (QED) is 0.0125. The Hall–Kier alpha value is -7.85. The second-order valence-corrected chi connectivity index (χ2v) is 42.1. The van der Waals surface area contributed by atoms with Gasteiger partial charge >= 0.3 is 51.9 Å². The zero-order valence-electron chi connectivity index (χ0n) is 66.9. The summed E-state index contributed by atoms with van der Waals surface area (Å²) < 4.78 is 118. The number of nitrogens with two attached hydrogens (primary N) is 1. The molecule has 0 aliphatic carbocycles. The molecule has 0 amide bonds. The summed E-state index contributed by atoms with van der Waals surface area (Å²) >= 11 is 51.5. The number of phenols is 2. The summed E-state index contributed by atoms with van der Waals surface area (Å²) in [6.07, 6.45) is -0.609. The average molecular weight is 2160 g/mol. The number of Topliss-reactive ketones (excluding diaryl/α,β-unsaturated/α-hetero) is 3. The average Bonchev–Trinajstić information content (AvgIpc) is 1.63. The molecule has 4 heterocycles. The topological polar surface area (TPSA) is 310 Å². The number of anilines is 1. The van der Waals surface area contributed by atoms with Gasteiger partial charge in [-0.05, 0) is 168 Å². The number of carboxylic acid groups (broad SMARTS) is 2. The molecule has 0 saturated heterocycles. The van der Waals surface area contributed by atoms with Crippen molar-refractivity contribution in [1.29, 1.82) is 0 Å². The standard InChI is InChI=1S/C22H18ClFO3S.C21H15ClF2O4S.C20H13ClF2O4S.C13H11F2NO2S.C8H7ClO3.BBr3.Cl3P.Li.H2O/c1-12-4-7-16(18(24)8-12)21-20(22(26)27-3)14(11-28-21)9-19(25)17-10-15(23)6-5-13(17)2;1-10-3-5-13(19(24)18(10)23)20-17(21(27)28-2)11(9-29-20)7-16(26)14-8-12(22)4-6-15(14)25;1-9-2-4-12(18(23)17(9)22)19-16(20(26)27)10(8-28-19)6-15(25)13-7-11(21)3-5-14(13)24;1-6-3-4-7(11(15)10(6)14)12-9(13(17)18-2)8(16)5-19-12;1-12-7-3-2-5(9)4-6(7)8(10)11;2-1(3)4;1-4(2)3;;/h4-8,10-11H,9H2,1-3H3;3-6,8-9,25H,7H2,1-2H3;2-5,7-8,24H,6H2,1H3,(H,26,27);3-5H,16H2,1-2H3;2-4H,1H3,(H,10,11);;;;1H2/q;;;;;;;+1;/p-1. The number of benzene rings is 8. The maximum atomic E-state index is 14.5. The minimum absolute atomic E-state index is 0. The molecular weight excluding hydrogens is 2090 g/mol. The number of carboxylic acids is 2. The first-order chi connectivity index (χ1) is 58.3. The van der Waals surface area contributed by atoms with Crippen molar-refractivity contribution in [3.8, 4) is 59.0 Å². The fraction of sp³-hybridized carbons (Fsp3) is 0.143. The van der Waals surface area contributed by atoms with Crippen LogP contribution in [-0.2, 0) is 33.5 Å². The van der Waals surface area contributed by atoms with E-state index in [1.54, 1.807) is 48.7 Å². The molecule has 0 saturated carbocycles. The molecule has 7 N–H and O–H groups in total. The van der Waals surface area contributed by atoms with Crippen molar-refractivity contribution in [1.82, 2.24) is 0 Å². The van der Waals surface area contributed by atoms with Gasteiger partial charge in [0.1, 0.15) is 34.2 Å². The van der Waals surface area contributed by atoms with Crippen molar-refractivity contribution in [2.24, 2.45) is 0 Å². The van der Waals surface area contributed by atoms with Crippen LogP contribution in [0.4, 0.5) is 36.4 Å². The Balaban J connectivity index is 0.000000328. The number of nitrogen functional groups attached to an aromatic ring is 1. The van der Waals surface area contributed by atoms with E-state index in [4.69, 9.17) is 105 Å². The second-order valence-electron chi connectivity index (χ2n) is 25.4. The molecule has 42 heteroatoms. The van der Waals surface area contributed by atoms with E-state index in [-0.39, 0.29) is 178 Å². The van der Waals surface area contributed by atoms with Crippen LogP contribution in [0.1, 0.15) is 127 Å². The first kappa shape index (κ1) is 110. The molecule has 12 aromatic rings. The predicted octanol–water partition coefficient (Wildman–Crippen LogP) is 24.4. The van der Waals surface area contributed by atoms with Crippen LogP contribution in [0.25, 0.3) is 41.8 Å². The van der Waals surface area contributed by atoms with Gasteiger partial charge in [0.05, 0.1) is 81.5 Å². The van der Waals surface area contributed by atoms with Crippen molar-refractivity contribution in [2.45, 2.75) is 53.9 Å². The molecule has 18 nitrogen and oxygen atoms in total. The number of esters is 3. The number of hydrogen-bond donors (Lipinski definition) is 5. The van der Waals surface area contributed by atoms with Gasteiger partial charge in [0.2, 0.25) is 0 Å². The number of aromatic hydroxyl groups is 2. The molecule has 0 unspecified atom stereocenters. The number of ether oxygens (including phenoxy) is 4. The fourth-order valence-corrected chi connectivity index (χ4v) is 16.1. The number of ketones is 3. The fourth-order valence-electron chi connectivity index (χ4n) is 11.2. The molecule has 660 valence electrons. The van der Waals surface area contributed by atoms with Crippen molar-refractivity contribution in [3.05, 3.63) is 299 Å². The zero-order valence-corrected chi connectivity index (χ0v) is 81.1. The smallest absolute Gasteiger partial charge is 0.870 e. The molecule has 0 spiro atoms. The Bertz CT molecular complexity index is 6010. The number of carbonyl (C=O) groups is 8. The molecule has 0 radical (unpaired) electrons. The summed E-state index contributed by atoms with van der Waals surface area (Å²) in [7, 11) is 5.04. The Morgan fingerprint density at radius 1 is 0.413 bits per heavy atom. The third-order valence-electron chi connectivity index (χ3n) is 17.2. The first-order valence-corrected chi connectivity index (χ1v) is 46.5. The third kappa shape index (κ3) is 29.6. The van der Waals surface area contributed by atoms with Crippen molar-refractivity contribution in [3.63, 3.8) is 0 Å². The minimum Gasteiger partial charge on any atom is -0.870 e. The van der Waals surface area contributed by atoms with Crippen molar-refractivity contribution < 1.29 is 133 Å². The molecule has 0 bridgehead atoms. The molecule has 0 aliphatic rings. The molecule has 8 aromatic carbocycles. The minimum atomic E-state index is -1.37. The van der Waals surface area contributed by atoms with Crippen molar-refractivity contribution in [2.75, 3.05) is 34.2 Å². The maximum absolute atomic E-state index is 14.5. The van der Waals surface area contributed by atoms with Gasteiger partial charge < -0.3 is 50.6 Å². The summed E-state index contributed by atoms with van der Waals surface area (Å²) in [5, 5.41) is 45.5. The normalized spacial score (nSPS) is 10.3. The molecule has 126 heavy (non-hydrogen) atoms. The van der Waals surface area contributed by atoms with E-state index in [0.717, 1.165) is 52.2 Å². The summed E-state index contributed by atoms with van der Waals surface area (Å²) in [5.41, 5.74) is 9.34. The Morgan fingerprint density at radius 3 is 1.08 bits per heavy atom. The number of thiophene rings is 4. The van der Waals surface area contributed by atoms with Crippen LogP contribution in [-0.4, -0.2) is 105 Å². The molecule has 4 aromatic heterocycles. The van der Waals surface area contributed by atoms with Gasteiger partial charge in [-0.1, -0.05) is 135 Å². The molecule has 0 atom stereocenters. The number of hydrogen-bond acceptors (Lipinski definition) is 20. The predicted molar refractivity (Wildman–Crippen MR) is 494 cm³/mol. The second kappa shape index (κ2) is 51.5. The summed E-state index contributed by atoms with van der Waals surface area (Å²) in [5.74, 6) is -13.7. The number of methoxy groups -OCH3 is 4. The molecular formula is C84H65BBr3Cl7F7LiNO17PS4. The number of phenolic OH excluding ortho intramolecular Hbond substituents is 2. The Morgan fingerprint density at radius 2 is 0.714 bits per heavy atom. The van der Waals surface area contributed by atoms with E-state index in [2.05, 4.69) is 52.0 Å². The van der Waals surface area contributed by atoms with E-state index in [1.165, 1.54) is 161 Å². The van der Waals surface area contributed by atoms with Gasteiger partial charge in [0.15, 0.2) is 58.2 Å². The number of halogens is 17.